The zero-order valence-electron chi connectivity index (χ0n) is 12.8. The van der Waals surface area contributed by atoms with Gasteiger partial charge in [-0.15, -0.1) is 0 Å². The van der Waals surface area contributed by atoms with Gasteiger partial charge in [0.1, 0.15) is 0 Å². The van der Waals surface area contributed by atoms with Crippen LogP contribution in [0.5, 0.6) is 0 Å². The van der Waals surface area contributed by atoms with Crippen LogP contribution < -0.4 is 5.32 Å². The van der Waals surface area contributed by atoms with E-state index in [1.807, 2.05) is 18.2 Å². The van der Waals surface area contributed by atoms with Gasteiger partial charge in [0.05, 0.1) is 24.5 Å². The lowest BCUT2D eigenvalue weighted by molar-refractivity contribution is -0.0502. The van der Waals surface area contributed by atoms with Crippen molar-refractivity contribution in [3.8, 4) is 0 Å². The number of rotatable bonds is 3. The van der Waals surface area contributed by atoms with Crippen LogP contribution in [0.1, 0.15) is 28.4 Å². The number of hydrogen-bond acceptors (Lipinski definition) is 4. The van der Waals surface area contributed by atoms with Crippen molar-refractivity contribution in [3.05, 3.63) is 53.9 Å². The smallest absolute Gasteiger partial charge is 0.254 e. The summed E-state index contributed by atoms with van der Waals surface area (Å²) in [5.41, 5.74) is 1.80. The van der Waals surface area contributed by atoms with Gasteiger partial charge in [-0.2, -0.15) is 5.10 Å². The number of fused-ring (bicyclic) bond motifs is 1. The van der Waals surface area contributed by atoms with E-state index in [0.717, 1.165) is 26.1 Å². The summed E-state index contributed by atoms with van der Waals surface area (Å²) in [7, 11) is 0. The highest BCUT2D eigenvalue weighted by Gasteiger charge is 2.38. The van der Waals surface area contributed by atoms with Crippen LogP contribution in [0.15, 0.2) is 42.7 Å². The van der Waals surface area contributed by atoms with Crippen molar-refractivity contribution in [1.82, 2.24) is 20.4 Å². The number of aromatic nitrogens is 2. The van der Waals surface area contributed by atoms with Gasteiger partial charge in [-0.25, -0.2) is 0 Å². The van der Waals surface area contributed by atoms with E-state index in [1.165, 1.54) is 5.56 Å². The zero-order valence-corrected chi connectivity index (χ0v) is 12.8. The summed E-state index contributed by atoms with van der Waals surface area (Å²) in [5.74, 6) is -0.0656. The number of carbonyl (C=O) groups excluding carboxylic acids is 1. The topological polar surface area (TPSA) is 70.2 Å². The maximum Gasteiger partial charge on any atom is 0.254 e. The van der Waals surface area contributed by atoms with E-state index in [4.69, 9.17) is 4.74 Å². The first-order valence-electron chi connectivity index (χ1n) is 8.00. The Morgan fingerprint density at radius 3 is 2.96 bits per heavy atom. The number of hydrogen-bond donors (Lipinski definition) is 2. The quantitative estimate of drug-likeness (QED) is 0.898. The van der Waals surface area contributed by atoms with Crippen LogP contribution in [-0.2, 0) is 4.74 Å². The van der Waals surface area contributed by atoms with Crippen LogP contribution in [0.4, 0.5) is 0 Å². The predicted molar refractivity (Wildman–Crippen MR) is 85.0 cm³/mol. The van der Waals surface area contributed by atoms with Gasteiger partial charge in [0.25, 0.3) is 5.91 Å². The number of H-pyrrole nitrogens is 1. The lowest BCUT2D eigenvalue weighted by Crippen LogP contribution is -2.43. The summed E-state index contributed by atoms with van der Waals surface area (Å²) in [5, 5.41) is 9.58. The molecular weight excluding hydrogens is 292 g/mol. The third-order valence-electron chi connectivity index (χ3n) is 4.69. The summed E-state index contributed by atoms with van der Waals surface area (Å²) in [4.78, 5) is 14.6. The monoisotopic (exact) mass is 312 g/mol. The number of nitrogens with zero attached hydrogens (tertiary/aromatic N) is 2. The Hall–Kier alpha value is -2.18. The highest BCUT2D eigenvalue weighted by atomic mass is 16.5. The summed E-state index contributed by atoms with van der Waals surface area (Å²) >= 11 is 0. The summed E-state index contributed by atoms with van der Waals surface area (Å²) in [6.45, 7) is 2.48. The number of morpholine rings is 1. The minimum Gasteiger partial charge on any atom is -0.371 e. The molecule has 1 aromatic heterocycles. The van der Waals surface area contributed by atoms with Crippen LogP contribution in [0, 0.1) is 0 Å². The van der Waals surface area contributed by atoms with Gasteiger partial charge in [-0.05, 0) is 12.0 Å². The molecule has 6 nitrogen and oxygen atoms in total. The van der Waals surface area contributed by atoms with Crippen LogP contribution in [0.3, 0.4) is 0 Å². The number of ether oxygens (including phenoxy) is 1. The fraction of sp³-hybridized carbons (Fsp3) is 0.412. The molecule has 1 amide bonds. The van der Waals surface area contributed by atoms with E-state index < -0.39 is 0 Å². The molecule has 0 aliphatic carbocycles. The van der Waals surface area contributed by atoms with E-state index >= 15 is 0 Å². The molecule has 120 valence electrons. The van der Waals surface area contributed by atoms with Crippen molar-refractivity contribution < 1.29 is 9.53 Å². The highest BCUT2D eigenvalue weighted by Crippen LogP contribution is 2.30. The molecule has 2 N–H and O–H groups in total. The van der Waals surface area contributed by atoms with Crippen molar-refractivity contribution in [1.29, 1.82) is 0 Å². The van der Waals surface area contributed by atoms with E-state index in [2.05, 4.69) is 32.5 Å². The average molecular weight is 312 g/mol. The maximum absolute atomic E-state index is 12.1. The summed E-state index contributed by atoms with van der Waals surface area (Å²) in [6.07, 6.45) is 4.22. The Bertz CT molecular complexity index is 658. The van der Waals surface area contributed by atoms with Crippen LogP contribution >= 0.6 is 0 Å². The Kier molecular flexibility index (Phi) is 3.85. The van der Waals surface area contributed by atoms with Gasteiger partial charge in [0.15, 0.2) is 0 Å². The molecule has 2 aliphatic rings. The molecule has 2 aromatic rings. The van der Waals surface area contributed by atoms with E-state index in [-0.39, 0.29) is 18.1 Å². The SMILES string of the molecule is O=C(N[C@H]1C[C@H]2CO[C@@H](c3ccccc3)CN2C1)c1cn[nH]c1. The second-order valence-electron chi connectivity index (χ2n) is 6.23. The van der Waals surface area contributed by atoms with Gasteiger partial charge < -0.3 is 10.1 Å². The molecule has 0 unspecified atom stereocenters. The second-order valence-corrected chi connectivity index (χ2v) is 6.23. The Morgan fingerprint density at radius 2 is 2.17 bits per heavy atom. The van der Waals surface area contributed by atoms with Gasteiger partial charge in [0.2, 0.25) is 0 Å². The van der Waals surface area contributed by atoms with Crippen molar-refractivity contribution in [2.75, 3.05) is 19.7 Å². The third-order valence-corrected chi connectivity index (χ3v) is 4.69. The lowest BCUT2D eigenvalue weighted by atomic mass is 10.1. The van der Waals surface area contributed by atoms with E-state index in [9.17, 15) is 4.79 Å². The Morgan fingerprint density at radius 1 is 1.30 bits per heavy atom. The molecule has 6 heteroatoms. The van der Waals surface area contributed by atoms with Crippen molar-refractivity contribution in [3.63, 3.8) is 0 Å². The van der Waals surface area contributed by atoms with Crippen LogP contribution in [0.2, 0.25) is 0 Å². The van der Waals surface area contributed by atoms with Crippen molar-refractivity contribution in [2.24, 2.45) is 0 Å². The number of carbonyl (C=O) groups is 1. The van der Waals surface area contributed by atoms with Crippen LogP contribution in [0.25, 0.3) is 0 Å². The number of nitrogens with one attached hydrogen (secondary N) is 2. The minimum atomic E-state index is -0.0656. The number of benzene rings is 1. The highest BCUT2D eigenvalue weighted by molar-refractivity contribution is 5.93. The minimum absolute atomic E-state index is 0.0656. The molecule has 0 radical (unpaired) electrons. The lowest BCUT2D eigenvalue weighted by Gasteiger charge is -2.35. The number of amides is 1. The maximum atomic E-state index is 12.1. The van der Waals surface area contributed by atoms with Gasteiger partial charge in [0, 0.05) is 31.4 Å². The van der Waals surface area contributed by atoms with E-state index in [1.54, 1.807) is 12.4 Å². The molecule has 3 heterocycles. The molecule has 1 aromatic carbocycles. The molecule has 0 bridgehead atoms. The predicted octanol–water partition coefficient (Wildman–Crippen LogP) is 1.35. The zero-order chi connectivity index (χ0) is 15.6. The fourth-order valence-corrected chi connectivity index (χ4v) is 3.49. The molecule has 4 rings (SSSR count). The van der Waals surface area contributed by atoms with E-state index in [0.29, 0.717) is 11.6 Å². The molecule has 0 saturated carbocycles. The third kappa shape index (κ3) is 3.00. The van der Waals surface area contributed by atoms with Gasteiger partial charge >= 0.3 is 0 Å². The molecule has 2 saturated heterocycles. The molecule has 2 fully saturated rings. The van der Waals surface area contributed by atoms with Gasteiger partial charge in [-0.3, -0.25) is 14.8 Å². The summed E-state index contributed by atoms with van der Waals surface area (Å²) in [6, 6.07) is 10.9. The molecule has 3 atom stereocenters. The first-order valence-corrected chi connectivity index (χ1v) is 8.00. The normalized spacial score (nSPS) is 27.6. The first kappa shape index (κ1) is 14.4. The number of aromatic amines is 1. The standard InChI is InChI=1S/C17H20N4O2/c22-17(13-7-18-19-8-13)20-14-6-15-11-23-16(10-21(15)9-14)12-4-2-1-3-5-12/h1-5,7-8,14-16H,6,9-11H2,(H,18,19)(H,20,22)/t14-,15-,16+/m0/s1. The van der Waals surface area contributed by atoms with Gasteiger partial charge in [-0.1, -0.05) is 30.3 Å². The Balaban J connectivity index is 1.37. The molecule has 2 aliphatic heterocycles. The fourth-order valence-electron chi connectivity index (χ4n) is 3.49. The molecule has 23 heavy (non-hydrogen) atoms. The first-order chi connectivity index (χ1) is 11.3. The second kappa shape index (κ2) is 6.14. The summed E-state index contributed by atoms with van der Waals surface area (Å²) < 4.78 is 6.03. The largest absolute Gasteiger partial charge is 0.371 e. The van der Waals surface area contributed by atoms with Crippen molar-refractivity contribution in [2.45, 2.75) is 24.6 Å². The van der Waals surface area contributed by atoms with Crippen LogP contribution in [-0.4, -0.2) is 52.8 Å². The van der Waals surface area contributed by atoms with Crippen molar-refractivity contribution >= 4 is 5.91 Å². The molecular formula is C17H20N4O2. The average Bonchev–Trinajstić information content (AvgIpc) is 3.24. The Labute approximate surface area is 134 Å². The molecule has 0 spiro atoms.